The van der Waals surface area contributed by atoms with Crippen molar-refractivity contribution in [2.24, 2.45) is 0 Å². The summed E-state index contributed by atoms with van der Waals surface area (Å²) in [6.45, 7) is 4.57. The summed E-state index contributed by atoms with van der Waals surface area (Å²) in [7, 11) is -2.15. The molecule has 3 rings (SSSR count). The predicted octanol–water partition coefficient (Wildman–Crippen LogP) is 3.16. The van der Waals surface area contributed by atoms with E-state index in [4.69, 9.17) is 0 Å². The van der Waals surface area contributed by atoms with Gasteiger partial charge in [-0.2, -0.15) is 4.31 Å². The molecule has 0 aromatic heterocycles. The summed E-state index contributed by atoms with van der Waals surface area (Å²) >= 11 is 0. The number of sulfonamides is 1. The van der Waals surface area contributed by atoms with Crippen molar-refractivity contribution in [3.63, 3.8) is 0 Å². The van der Waals surface area contributed by atoms with Crippen LogP contribution in [0.3, 0.4) is 0 Å². The number of hydrogen-bond acceptors (Lipinski definition) is 4. The van der Waals surface area contributed by atoms with Gasteiger partial charge in [-0.05, 0) is 62.6 Å². The molecule has 2 amide bonds. The Hall–Kier alpha value is -2.71. The van der Waals surface area contributed by atoms with Crippen molar-refractivity contribution in [2.75, 3.05) is 18.5 Å². The van der Waals surface area contributed by atoms with E-state index in [-0.39, 0.29) is 34.9 Å². The van der Waals surface area contributed by atoms with E-state index in [2.05, 4.69) is 5.32 Å². The number of nitrogens with one attached hydrogen (secondary N) is 1. The molecule has 0 atom stereocenters. The molecule has 1 aliphatic rings. The van der Waals surface area contributed by atoms with Crippen molar-refractivity contribution < 1.29 is 18.0 Å². The van der Waals surface area contributed by atoms with E-state index in [9.17, 15) is 18.0 Å². The number of amides is 2. The Bertz CT molecular complexity index is 1070. The zero-order valence-corrected chi connectivity index (χ0v) is 19.0. The second-order valence-corrected chi connectivity index (χ2v) is 10.00. The summed E-state index contributed by atoms with van der Waals surface area (Å²) in [5.74, 6) is -0.236. The molecule has 1 N–H and O–H groups in total. The molecular formula is C23H29N3O4S. The van der Waals surface area contributed by atoms with Crippen LogP contribution in [0.2, 0.25) is 0 Å². The molecule has 31 heavy (non-hydrogen) atoms. The fourth-order valence-electron chi connectivity index (χ4n) is 3.44. The molecule has 8 heteroatoms. The van der Waals surface area contributed by atoms with Gasteiger partial charge in [0.25, 0.3) is 5.91 Å². The van der Waals surface area contributed by atoms with Crippen molar-refractivity contribution in [1.82, 2.24) is 9.62 Å². The van der Waals surface area contributed by atoms with E-state index in [0.29, 0.717) is 13.0 Å². The number of carbonyl (C=O) groups is 2. The molecule has 0 spiro atoms. The van der Waals surface area contributed by atoms with E-state index in [1.165, 1.54) is 23.5 Å². The Kier molecular flexibility index (Phi) is 7.12. The Morgan fingerprint density at radius 2 is 1.87 bits per heavy atom. The van der Waals surface area contributed by atoms with Crippen LogP contribution < -0.4 is 10.2 Å². The second kappa shape index (κ2) is 9.62. The fraction of sp³-hybridized carbons (Fsp3) is 0.391. The minimum atomic E-state index is -3.67. The van der Waals surface area contributed by atoms with E-state index in [1.807, 2.05) is 24.3 Å². The largest absolute Gasteiger partial charge is 0.348 e. The first-order valence-corrected chi connectivity index (χ1v) is 11.9. The SMILES string of the molecule is CC(C)N(C)S(=O)(=O)c1cccc(C(=O)NCc2cccc(N3CCCCC3=O)c2)c1. The molecule has 0 bridgehead atoms. The highest BCUT2D eigenvalue weighted by Gasteiger charge is 2.24. The van der Waals surface area contributed by atoms with Crippen molar-refractivity contribution in [2.45, 2.75) is 50.6 Å². The quantitative estimate of drug-likeness (QED) is 0.712. The van der Waals surface area contributed by atoms with Gasteiger partial charge in [0.15, 0.2) is 0 Å². The summed E-state index contributed by atoms with van der Waals surface area (Å²) in [4.78, 5) is 26.7. The zero-order valence-electron chi connectivity index (χ0n) is 18.2. The molecule has 1 aliphatic heterocycles. The normalized spacial score (nSPS) is 14.9. The summed E-state index contributed by atoms with van der Waals surface area (Å²) < 4.78 is 26.7. The molecular weight excluding hydrogens is 414 g/mol. The van der Waals surface area contributed by atoms with Gasteiger partial charge in [0, 0.05) is 43.9 Å². The Labute approximate surface area is 184 Å². The van der Waals surface area contributed by atoms with Crippen molar-refractivity contribution in [3.05, 3.63) is 59.7 Å². The molecule has 0 radical (unpaired) electrons. The number of hydrogen-bond donors (Lipinski definition) is 1. The highest BCUT2D eigenvalue weighted by atomic mass is 32.2. The Morgan fingerprint density at radius 1 is 1.13 bits per heavy atom. The Morgan fingerprint density at radius 3 is 2.58 bits per heavy atom. The third kappa shape index (κ3) is 5.32. The highest BCUT2D eigenvalue weighted by Crippen LogP contribution is 2.22. The van der Waals surface area contributed by atoms with Gasteiger partial charge in [0.1, 0.15) is 0 Å². The van der Waals surface area contributed by atoms with E-state index < -0.39 is 10.0 Å². The first-order valence-electron chi connectivity index (χ1n) is 10.5. The van der Waals surface area contributed by atoms with E-state index >= 15 is 0 Å². The van der Waals surface area contributed by atoms with Gasteiger partial charge in [-0.25, -0.2) is 8.42 Å². The number of rotatable bonds is 7. The number of anilines is 1. The predicted molar refractivity (Wildman–Crippen MR) is 120 cm³/mol. The van der Waals surface area contributed by atoms with Crippen LogP contribution >= 0.6 is 0 Å². The molecule has 1 heterocycles. The number of carbonyl (C=O) groups excluding carboxylic acids is 2. The third-order valence-corrected chi connectivity index (χ3v) is 7.53. The van der Waals surface area contributed by atoms with E-state index in [0.717, 1.165) is 24.1 Å². The molecule has 1 saturated heterocycles. The fourth-order valence-corrected chi connectivity index (χ4v) is 4.85. The monoisotopic (exact) mass is 443 g/mol. The zero-order chi connectivity index (χ0) is 22.6. The van der Waals surface area contributed by atoms with Crippen molar-refractivity contribution in [1.29, 1.82) is 0 Å². The molecule has 166 valence electrons. The van der Waals surface area contributed by atoms with Gasteiger partial charge in [0.05, 0.1) is 4.90 Å². The molecule has 2 aromatic carbocycles. The maximum absolute atomic E-state index is 12.7. The van der Waals surface area contributed by atoms with Gasteiger partial charge >= 0.3 is 0 Å². The molecule has 7 nitrogen and oxygen atoms in total. The first kappa shape index (κ1) is 23.0. The average molecular weight is 444 g/mol. The van der Waals surface area contributed by atoms with Crippen LogP contribution in [0, 0.1) is 0 Å². The molecule has 1 fully saturated rings. The average Bonchev–Trinajstić information content (AvgIpc) is 2.77. The van der Waals surface area contributed by atoms with Crippen molar-refractivity contribution in [3.8, 4) is 0 Å². The second-order valence-electron chi connectivity index (χ2n) is 8.00. The van der Waals surface area contributed by atoms with Crippen LogP contribution in [-0.2, 0) is 21.4 Å². The Balaban J connectivity index is 1.71. The standard InChI is InChI=1S/C23H29N3O4S/c1-17(2)25(3)31(29,30)21-11-7-9-19(15-21)23(28)24-16-18-8-6-10-20(14-18)26-13-5-4-12-22(26)27/h6-11,14-15,17H,4-5,12-13,16H2,1-3H3,(H,24,28). The first-order chi connectivity index (χ1) is 14.7. The minimum absolute atomic E-state index is 0.0851. The summed E-state index contributed by atoms with van der Waals surface area (Å²) in [5.41, 5.74) is 1.98. The van der Waals surface area contributed by atoms with Crippen LogP contribution in [-0.4, -0.2) is 44.2 Å². The van der Waals surface area contributed by atoms with Gasteiger partial charge in [0.2, 0.25) is 15.9 Å². The topological polar surface area (TPSA) is 86.8 Å². The maximum Gasteiger partial charge on any atom is 0.251 e. The molecule has 0 saturated carbocycles. The van der Waals surface area contributed by atoms with Crippen LogP contribution in [0.4, 0.5) is 5.69 Å². The maximum atomic E-state index is 12.7. The van der Waals surface area contributed by atoms with Crippen LogP contribution in [0.15, 0.2) is 53.4 Å². The van der Waals surface area contributed by atoms with Crippen molar-refractivity contribution >= 4 is 27.5 Å². The van der Waals surface area contributed by atoms with Gasteiger partial charge in [-0.15, -0.1) is 0 Å². The lowest BCUT2D eigenvalue weighted by Crippen LogP contribution is -2.35. The van der Waals surface area contributed by atoms with Gasteiger partial charge < -0.3 is 10.2 Å². The number of nitrogens with zero attached hydrogens (tertiary/aromatic N) is 2. The number of piperidine rings is 1. The number of benzene rings is 2. The van der Waals surface area contributed by atoms with Gasteiger partial charge in [-0.1, -0.05) is 18.2 Å². The molecule has 2 aromatic rings. The highest BCUT2D eigenvalue weighted by molar-refractivity contribution is 7.89. The molecule has 0 unspecified atom stereocenters. The minimum Gasteiger partial charge on any atom is -0.348 e. The van der Waals surface area contributed by atoms with Crippen LogP contribution in [0.1, 0.15) is 49.0 Å². The third-order valence-electron chi connectivity index (χ3n) is 5.50. The smallest absolute Gasteiger partial charge is 0.251 e. The summed E-state index contributed by atoms with van der Waals surface area (Å²) in [6, 6.07) is 13.4. The summed E-state index contributed by atoms with van der Waals surface area (Å²) in [6.07, 6.45) is 2.47. The van der Waals surface area contributed by atoms with Crippen LogP contribution in [0.25, 0.3) is 0 Å². The van der Waals surface area contributed by atoms with Gasteiger partial charge in [-0.3, -0.25) is 9.59 Å². The lowest BCUT2D eigenvalue weighted by atomic mass is 10.1. The lowest BCUT2D eigenvalue weighted by molar-refractivity contribution is -0.119. The van der Waals surface area contributed by atoms with E-state index in [1.54, 1.807) is 30.9 Å². The van der Waals surface area contributed by atoms with Crippen LogP contribution in [0.5, 0.6) is 0 Å². The lowest BCUT2D eigenvalue weighted by Gasteiger charge is -2.27. The molecule has 0 aliphatic carbocycles. The summed E-state index contributed by atoms with van der Waals surface area (Å²) in [5, 5.41) is 2.84.